The molecule has 0 fully saturated rings. The van der Waals surface area contributed by atoms with E-state index < -0.39 is 5.78 Å². The highest BCUT2D eigenvalue weighted by Gasteiger charge is 2.00. The number of hydrogen-bond acceptors (Lipinski definition) is 3. The fourth-order valence-electron chi connectivity index (χ4n) is 0.457. The fourth-order valence-corrected chi connectivity index (χ4v) is 0.457. The van der Waals surface area contributed by atoms with E-state index >= 15 is 0 Å². The summed E-state index contributed by atoms with van der Waals surface area (Å²) in [5, 5.41) is 8.08. The highest BCUT2D eigenvalue weighted by molar-refractivity contribution is 6.06. The van der Waals surface area contributed by atoms with Gasteiger partial charge in [0, 0.05) is 0 Å². The second-order valence-electron chi connectivity index (χ2n) is 1.89. The molecule has 3 heteroatoms. The summed E-state index contributed by atoms with van der Waals surface area (Å²) in [6, 6.07) is 1.44. The molecular weight excluding hydrogens is 128 g/mol. The second-order valence-corrected chi connectivity index (χ2v) is 1.89. The number of ketones is 1. The first-order chi connectivity index (χ1) is 4.72. The van der Waals surface area contributed by atoms with Crippen molar-refractivity contribution in [2.24, 2.45) is 5.73 Å². The van der Waals surface area contributed by atoms with Gasteiger partial charge in [0.1, 0.15) is 6.07 Å². The minimum absolute atomic E-state index is 0.0596. The van der Waals surface area contributed by atoms with Gasteiger partial charge in [0.05, 0.1) is 5.70 Å². The number of Topliss-reactive ketones (excluding diaryl/α,β-unsaturated/α-hetero) is 1. The van der Waals surface area contributed by atoms with Crippen LogP contribution < -0.4 is 5.73 Å². The fraction of sp³-hybridized carbons (Fsp3) is 0.429. The highest BCUT2D eigenvalue weighted by atomic mass is 16.1. The van der Waals surface area contributed by atoms with E-state index in [1.54, 1.807) is 6.08 Å². The van der Waals surface area contributed by atoms with Crippen molar-refractivity contribution in [3.05, 3.63) is 11.8 Å². The van der Waals surface area contributed by atoms with Crippen LogP contribution >= 0.6 is 0 Å². The molecular formula is C7H10N2O. The molecule has 0 aliphatic heterocycles. The normalized spacial score (nSPS) is 10.6. The molecule has 0 rings (SSSR count). The summed E-state index contributed by atoms with van der Waals surface area (Å²) in [6.07, 6.45) is 3.25. The first-order valence-corrected chi connectivity index (χ1v) is 3.12. The Kier molecular flexibility index (Phi) is 3.97. The maximum atomic E-state index is 10.5. The van der Waals surface area contributed by atoms with E-state index in [-0.39, 0.29) is 5.70 Å². The summed E-state index contributed by atoms with van der Waals surface area (Å²) in [6.45, 7) is 1.97. The minimum atomic E-state index is -0.645. The van der Waals surface area contributed by atoms with Gasteiger partial charge in [-0.05, 0) is 6.42 Å². The molecule has 0 atom stereocenters. The molecule has 0 heterocycles. The number of rotatable bonds is 3. The van der Waals surface area contributed by atoms with Crippen molar-refractivity contribution in [1.29, 1.82) is 5.26 Å². The molecule has 0 amide bonds. The molecule has 0 radical (unpaired) electrons. The van der Waals surface area contributed by atoms with Crippen LogP contribution in [0.5, 0.6) is 0 Å². The average Bonchev–Trinajstić information content (AvgIpc) is 1.98. The van der Waals surface area contributed by atoms with Crippen molar-refractivity contribution in [2.45, 2.75) is 19.8 Å². The molecule has 0 spiro atoms. The summed E-state index contributed by atoms with van der Waals surface area (Å²) >= 11 is 0. The Morgan fingerprint density at radius 3 is 2.80 bits per heavy atom. The van der Waals surface area contributed by atoms with Crippen molar-refractivity contribution in [3.8, 4) is 6.07 Å². The Hall–Kier alpha value is -1.30. The van der Waals surface area contributed by atoms with Gasteiger partial charge in [0.2, 0.25) is 0 Å². The standard InChI is InChI=1S/C7H10N2O/c1-2-3-4-6(9)7(10)5-8/h4H,2-3,9H2,1H3/b6-4-. The molecule has 0 aromatic rings. The monoisotopic (exact) mass is 138 g/mol. The largest absolute Gasteiger partial charge is 0.395 e. The molecule has 10 heavy (non-hydrogen) atoms. The van der Waals surface area contributed by atoms with Gasteiger partial charge in [-0.3, -0.25) is 4.79 Å². The summed E-state index contributed by atoms with van der Waals surface area (Å²) in [5.41, 5.74) is 5.26. The third-order valence-electron chi connectivity index (χ3n) is 1.02. The Labute approximate surface area is 60.1 Å². The van der Waals surface area contributed by atoms with Crippen LogP contribution in [-0.4, -0.2) is 5.78 Å². The zero-order valence-electron chi connectivity index (χ0n) is 5.92. The number of allylic oxidation sites excluding steroid dienone is 2. The van der Waals surface area contributed by atoms with E-state index in [4.69, 9.17) is 11.0 Å². The van der Waals surface area contributed by atoms with Crippen LogP contribution in [-0.2, 0) is 4.79 Å². The van der Waals surface area contributed by atoms with Gasteiger partial charge in [0.25, 0.3) is 5.78 Å². The van der Waals surface area contributed by atoms with E-state index in [2.05, 4.69) is 0 Å². The van der Waals surface area contributed by atoms with Crippen LogP contribution in [0.25, 0.3) is 0 Å². The molecule has 3 nitrogen and oxygen atoms in total. The Morgan fingerprint density at radius 1 is 1.80 bits per heavy atom. The van der Waals surface area contributed by atoms with Gasteiger partial charge >= 0.3 is 0 Å². The number of nitrogens with zero attached hydrogens (tertiary/aromatic N) is 1. The first kappa shape index (κ1) is 8.70. The maximum Gasteiger partial charge on any atom is 0.277 e. The van der Waals surface area contributed by atoms with E-state index in [0.29, 0.717) is 0 Å². The van der Waals surface area contributed by atoms with Crippen molar-refractivity contribution < 1.29 is 4.79 Å². The van der Waals surface area contributed by atoms with Gasteiger partial charge in [-0.25, -0.2) is 0 Å². The molecule has 0 aliphatic rings. The molecule has 0 bridgehead atoms. The van der Waals surface area contributed by atoms with E-state index in [0.717, 1.165) is 12.8 Å². The zero-order valence-corrected chi connectivity index (χ0v) is 5.92. The molecule has 0 aromatic heterocycles. The van der Waals surface area contributed by atoms with Crippen LogP contribution in [0.1, 0.15) is 19.8 Å². The lowest BCUT2D eigenvalue weighted by Gasteiger charge is -1.89. The molecule has 2 N–H and O–H groups in total. The van der Waals surface area contributed by atoms with Crippen LogP contribution in [0.4, 0.5) is 0 Å². The molecule has 0 saturated carbocycles. The first-order valence-electron chi connectivity index (χ1n) is 3.12. The van der Waals surface area contributed by atoms with Gasteiger partial charge in [-0.2, -0.15) is 5.26 Å². The number of nitriles is 1. The molecule has 0 aromatic carbocycles. The minimum Gasteiger partial charge on any atom is -0.395 e. The Bertz CT molecular complexity index is 188. The average molecular weight is 138 g/mol. The van der Waals surface area contributed by atoms with Crippen LogP contribution in [0, 0.1) is 11.3 Å². The number of hydrogen-bond donors (Lipinski definition) is 1. The second kappa shape index (κ2) is 4.57. The van der Waals surface area contributed by atoms with Crippen molar-refractivity contribution in [1.82, 2.24) is 0 Å². The van der Waals surface area contributed by atoms with Crippen molar-refractivity contribution in [2.75, 3.05) is 0 Å². The summed E-state index contributed by atoms with van der Waals surface area (Å²) < 4.78 is 0. The van der Waals surface area contributed by atoms with Crippen molar-refractivity contribution in [3.63, 3.8) is 0 Å². The Balaban J connectivity index is 3.96. The van der Waals surface area contributed by atoms with Gasteiger partial charge in [-0.15, -0.1) is 0 Å². The van der Waals surface area contributed by atoms with Crippen LogP contribution in [0.3, 0.4) is 0 Å². The third-order valence-corrected chi connectivity index (χ3v) is 1.02. The number of carbonyl (C=O) groups excluding carboxylic acids is 1. The number of nitrogens with two attached hydrogens (primary N) is 1. The highest BCUT2D eigenvalue weighted by Crippen LogP contribution is 1.92. The predicted molar refractivity (Wildman–Crippen MR) is 37.8 cm³/mol. The SMILES string of the molecule is CCC/C=C(\N)C(=O)C#N. The molecule has 0 aliphatic carbocycles. The zero-order chi connectivity index (χ0) is 7.98. The van der Waals surface area contributed by atoms with Crippen LogP contribution in [0.15, 0.2) is 11.8 Å². The lowest BCUT2D eigenvalue weighted by Crippen LogP contribution is -2.08. The predicted octanol–water partition coefficient (Wildman–Crippen LogP) is 0.722. The Morgan fingerprint density at radius 2 is 2.40 bits per heavy atom. The maximum absolute atomic E-state index is 10.5. The molecule has 0 unspecified atom stereocenters. The quantitative estimate of drug-likeness (QED) is 0.461. The van der Waals surface area contributed by atoms with Gasteiger partial charge in [0.15, 0.2) is 0 Å². The van der Waals surface area contributed by atoms with E-state index in [1.165, 1.54) is 6.07 Å². The number of unbranched alkanes of at least 4 members (excludes halogenated alkanes) is 1. The van der Waals surface area contributed by atoms with Crippen LogP contribution in [0.2, 0.25) is 0 Å². The topological polar surface area (TPSA) is 66.9 Å². The van der Waals surface area contributed by atoms with E-state index in [1.807, 2.05) is 6.92 Å². The summed E-state index contributed by atoms with van der Waals surface area (Å²) in [7, 11) is 0. The van der Waals surface area contributed by atoms with Crippen molar-refractivity contribution >= 4 is 5.78 Å². The number of carbonyl (C=O) groups is 1. The lowest BCUT2D eigenvalue weighted by atomic mass is 10.2. The summed E-state index contributed by atoms with van der Waals surface area (Å²) in [4.78, 5) is 10.5. The third kappa shape index (κ3) is 2.88. The summed E-state index contributed by atoms with van der Waals surface area (Å²) in [5.74, 6) is -0.645. The molecule has 54 valence electrons. The smallest absolute Gasteiger partial charge is 0.277 e. The van der Waals surface area contributed by atoms with Gasteiger partial charge < -0.3 is 5.73 Å². The van der Waals surface area contributed by atoms with E-state index in [9.17, 15) is 4.79 Å². The molecule has 0 saturated heterocycles. The lowest BCUT2D eigenvalue weighted by molar-refractivity contribution is -0.110. The van der Waals surface area contributed by atoms with Gasteiger partial charge in [-0.1, -0.05) is 19.4 Å².